The van der Waals surface area contributed by atoms with Gasteiger partial charge in [0.25, 0.3) is 0 Å². The van der Waals surface area contributed by atoms with Gasteiger partial charge in [-0.3, -0.25) is 5.73 Å². The van der Waals surface area contributed by atoms with Crippen LogP contribution in [-0.2, 0) is 6.54 Å². The first-order valence-electron chi connectivity index (χ1n) is 8.05. The van der Waals surface area contributed by atoms with Crippen molar-refractivity contribution in [1.82, 2.24) is 4.57 Å². The number of nitrogens with zero attached hydrogens (tertiary/aromatic N) is 2. The summed E-state index contributed by atoms with van der Waals surface area (Å²) in [5.74, 6) is 1.66. The molecule has 24 heavy (non-hydrogen) atoms. The Morgan fingerprint density at radius 3 is 2.42 bits per heavy atom. The van der Waals surface area contributed by atoms with E-state index in [1.54, 1.807) is 0 Å². The molecule has 3 rings (SSSR count). The molecule has 0 atom stereocenters. The fourth-order valence-corrected chi connectivity index (χ4v) is 2.94. The number of rotatable bonds is 5. The molecular formula is C19H24BrN3O. The summed E-state index contributed by atoms with van der Waals surface area (Å²) in [6, 6.07) is 16.8. The van der Waals surface area contributed by atoms with Gasteiger partial charge < -0.3 is 21.7 Å². The zero-order chi connectivity index (χ0) is 16.4. The van der Waals surface area contributed by atoms with Gasteiger partial charge in [0.1, 0.15) is 29.9 Å². The molecule has 128 valence electrons. The lowest BCUT2D eigenvalue weighted by atomic mass is 10.2. The zero-order valence-corrected chi connectivity index (χ0v) is 16.0. The van der Waals surface area contributed by atoms with E-state index in [0.29, 0.717) is 12.6 Å². The highest BCUT2D eigenvalue weighted by Gasteiger charge is 2.22. The molecular weight excluding hydrogens is 366 g/mol. The summed E-state index contributed by atoms with van der Waals surface area (Å²) in [6.45, 7) is 7.68. The number of ether oxygens (including phenoxy) is 1. The Balaban J connectivity index is 0.00000208. The van der Waals surface area contributed by atoms with Crippen LogP contribution in [0.25, 0.3) is 11.0 Å². The lowest BCUT2D eigenvalue weighted by molar-refractivity contribution is -0.658. The molecule has 0 saturated carbocycles. The Kier molecular flexibility index (Phi) is 5.89. The molecule has 2 aromatic carbocycles. The molecule has 0 aliphatic heterocycles. The van der Waals surface area contributed by atoms with Gasteiger partial charge in [-0.25, -0.2) is 9.13 Å². The van der Waals surface area contributed by atoms with Crippen LogP contribution in [0, 0.1) is 6.92 Å². The van der Waals surface area contributed by atoms with Gasteiger partial charge in [-0.2, -0.15) is 0 Å². The third-order valence-corrected chi connectivity index (χ3v) is 4.08. The van der Waals surface area contributed by atoms with Crippen LogP contribution in [0.4, 0.5) is 5.95 Å². The largest absolute Gasteiger partial charge is 1.00 e. The van der Waals surface area contributed by atoms with Gasteiger partial charge >= 0.3 is 5.95 Å². The molecule has 0 unspecified atom stereocenters. The molecule has 0 bridgehead atoms. The van der Waals surface area contributed by atoms with Crippen LogP contribution < -0.4 is 32.0 Å². The summed E-state index contributed by atoms with van der Waals surface area (Å²) in [7, 11) is 0. The Morgan fingerprint density at radius 2 is 1.75 bits per heavy atom. The Bertz CT molecular complexity index is 809. The zero-order valence-electron chi connectivity index (χ0n) is 14.4. The standard InChI is InChI=1S/C19H23N3O.BrH/c1-14(2)22-18-7-5-4-6-17(18)21(19(22)20)12-13-23-16-10-8-15(3)9-11-16;/h4-11,14,20H,12-13H2,1-3H3;1H. The predicted molar refractivity (Wildman–Crippen MR) is 93.6 cm³/mol. The number of nitrogen functional groups attached to an aromatic ring is 1. The normalized spacial score (nSPS) is 10.8. The Labute approximate surface area is 153 Å². The lowest BCUT2D eigenvalue weighted by Crippen LogP contribution is -3.00. The summed E-state index contributed by atoms with van der Waals surface area (Å²) in [5, 5.41) is 0. The molecule has 0 saturated heterocycles. The van der Waals surface area contributed by atoms with E-state index >= 15 is 0 Å². The molecule has 1 aromatic heterocycles. The molecule has 0 amide bonds. The van der Waals surface area contributed by atoms with Crippen molar-refractivity contribution in [3.05, 3.63) is 54.1 Å². The van der Waals surface area contributed by atoms with E-state index < -0.39 is 0 Å². The molecule has 3 aromatic rings. The number of para-hydroxylation sites is 2. The predicted octanol–water partition coefficient (Wildman–Crippen LogP) is 0.483. The first-order valence-corrected chi connectivity index (χ1v) is 8.05. The fourth-order valence-electron chi connectivity index (χ4n) is 2.94. The molecule has 0 spiro atoms. The number of anilines is 1. The highest BCUT2D eigenvalue weighted by Crippen LogP contribution is 2.21. The van der Waals surface area contributed by atoms with Gasteiger partial charge in [0, 0.05) is 0 Å². The number of aryl methyl sites for hydroxylation is 1. The summed E-state index contributed by atoms with van der Waals surface area (Å²) in [4.78, 5) is 0. The molecule has 1 heterocycles. The van der Waals surface area contributed by atoms with Crippen molar-refractivity contribution < 1.29 is 26.3 Å². The van der Waals surface area contributed by atoms with Crippen molar-refractivity contribution in [3.8, 4) is 5.75 Å². The van der Waals surface area contributed by atoms with Crippen molar-refractivity contribution in [3.63, 3.8) is 0 Å². The van der Waals surface area contributed by atoms with Crippen molar-refractivity contribution in [1.29, 1.82) is 0 Å². The highest BCUT2D eigenvalue weighted by molar-refractivity contribution is 5.74. The first kappa shape index (κ1) is 18.3. The third kappa shape index (κ3) is 3.56. The molecule has 0 aliphatic rings. The maximum absolute atomic E-state index is 6.39. The monoisotopic (exact) mass is 389 g/mol. The van der Waals surface area contributed by atoms with Crippen LogP contribution >= 0.6 is 0 Å². The number of fused-ring (bicyclic) bond motifs is 1. The number of hydrogen-bond acceptors (Lipinski definition) is 2. The highest BCUT2D eigenvalue weighted by atomic mass is 79.9. The minimum absolute atomic E-state index is 0. The van der Waals surface area contributed by atoms with E-state index in [2.05, 4.69) is 54.2 Å². The molecule has 0 fully saturated rings. The Hall–Kier alpha value is -2.01. The van der Waals surface area contributed by atoms with Crippen molar-refractivity contribution in [2.24, 2.45) is 0 Å². The SMILES string of the molecule is Cc1ccc(OCC[n+]2c(N)n(C(C)C)c3ccccc32)cc1.[Br-]. The minimum atomic E-state index is 0. The molecule has 5 heteroatoms. The summed E-state index contributed by atoms with van der Waals surface area (Å²) in [6.07, 6.45) is 0. The molecule has 0 radical (unpaired) electrons. The van der Waals surface area contributed by atoms with E-state index in [0.717, 1.165) is 29.3 Å². The molecule has 0 aliphatic carbocycles. The second kappa shape index (κ2) is 7.71. The van der Waals surface area contributed by atoms with E-state index in [-0.39, 0.29) is 17.0 Å². The number of benzene rings is 2. The van der Waals surface area contributed by atoms with Gasteiger partial charge in [-0.1, -0.05) is 29.8 Å². The van der Waals surface area contributed by atoms with Gasteiger partial charge in [-0.05, 0) is 45.0 Å². The summed E-state index contributed by atoms with van der Waals surface area (Å²) in [5.41, 5.74) is 9.93. The van der Waals surface area contributed by atoms with Crippen molar-refractivity contribution in [2.75, 3.05) is 12.3 Å². The van der Waals surface area contributed by atoms with Crippen LogP contribution in [0.2, 0.25) is 0 Å². The lowest BCUT2D eigenvalue weighted by Gasteiger charge is -2.07. The second-order valence-corrected chi connectivity index (χ2v) is 6.12. The Morgan fingerprint density at radius 1 is 1.08 bits per heavy atom. The van der Waals surface area contributed by atoms with Crippen LogP contribution in [0.3, 0.4) is 0 Å². The van der Waals surface area contributed by atoms with E-state index in [9.17, 15) is 0 Å². The average Bonchev–Trinajstić information content (AvgIpc) is 2.82. The maximum atomic E-state index is 6.39. The van der Waals surface area contributed by atoms with E-state index in [1.165, 1.54) is 5.56 Å². The fraction of sp³-hybridized carbons (Fsp3) is 0.316. The van der Waals surface area contributed by atoms with Crippen molar-refractivity contribution in [2.45, 2.75) is 33.4 Å². The maximum Gasteiger partial charge on any atom is 0.356 e. The number of nitrogens with two attached hydrogens (primary N) is 1. The van der Waals surface area contributed by atoms with Crippen LogP contribution in [0.5, 0.6) is 5.75 Å². The average molecular weight is 390 g/mol. The van der Waals surface area contributed by atoms with E-state index in [4.69, 9.17) is 10.5 Å². The van der Waals surface area contributed by atoms with Gasteiger partial charge in [-0.15, -0.1) is 0 Å². The van der Waals surface area contributed by atoms with Gasteiger partial charge in [0.2, 0.25) is 0 Å². The van der Waals surface area contributed by atoms with Crippen LogP contribution in [0.1, 0.15) is 25.5 Å². The van der Waals surface area contributed by atoms with Crippen LogP contribution in [-0.4, -0.2) is 11.2 Å². The molecule has 4 nitrogen and oxygen atoms in total. The summed E-state index contributed by atoms with van der Waals surface area (Å²) >= 11 is 0. The van der Waals surface area contributed by atoms with Gasteiger partial charge in [0.15, 0.2) is 0 Å². The minimum Gasteiger partial charge on any atom is -1.00 e. The topological polar surface area (TPSA) is 44.1 Å². The van der Waals surface area contributed by atoms with Crippen molar-refractivity contribution >= 4 is 17.0 Å². The quantitative estimate of drug-likeness (QED) is 0.645. The number of hydrogen-bond donors (Lipinski definition) is 1. The van der Waals surface area contributed by atoms with Crippen LogP contribution in [0.15, 0.2) is 48.5 Å². The third-order valence-electron chi connectivity index (χ3n) is 4.08. The number of aromatic nitrogens is 2. The first-order chi connectivity index (χ1) is 11.1. The second-order valence-electron chi connectivity index (χ2n) is 6.12. The number of halogens is 1. The smallest absolute Gasteiger partial charge is 0.356 e. The van der Waals surface area contributed by atoms with E-state index in [1.807, 2.05) is 24.3 Å². The number of imidazole rings is 1. The summed E-state index contributed by atoms with van der Waals surface area (Å²) < 4.78 is 10.1. The molecule has 2 N–H and O–H groups in total. The van der Waals surface area contributed by atoms with Gasteiger partial charge in [0.05, 0.1) is 6.04 Å².